The van der Waals surface area contributed by atoms with Crippen molar-refractivity contribution in [2.75, 3.05) is 0 Å². The number of carbonyl (C=O) groups excluding carboxylic acids is 1. The predicted octanol–water partition coefficient (Wildman–Crippen LogP) is 4.32. The summed E-state index contributed by atoms with van der Waals surface area (Å²) in [4.78, 5) is 36.7. The van der Waals surface area contributed by atoms with E-state index in [9.17, 15) is 24.6 Å². The van der Waals surface area contributed by atoms with E-state index in [1.807, 2.05) is 42.5 Å². The van der Waals surface area contributed by atoms with Crippen molar-refractivity contribution in [1.29, 1.82) is 0 Å². The average Bonchev–Trinajstić information content (AvgIpc) is 3.26. The summed E-state index contributed by atoms with van der Waals surface area (Å²) in [6.07, 6.45) is -1.65. The summed E-state index contributed by atoms with van der Waals surface area (Å²) < 4.78 is 1.18. The van der Waals surface area contributed by atoms with Gasteiger partial charge < -0.3 is 15.5 Å². The number of aliphatic hydroxyl groups is 1. The zero-order chi connectivity index (χ0) is 26.5. The molecule has 1 heterocycles. The van der Waals surface area contributed by atoms with E-state index >= 15 is 0 Å². The summed E-state index contributed by atoms with van der Waals surface area (Å²) in [5.41, 5.74) is 2.67. The minimum absolute atomic E-state index is 0.0175. The van der Waals surface area contributed by atoms with Crippen LogP contribution in [-0.4, -0.2) is 44.0 Å². The zero-order valence-electron chi connectivity index (χ0n) is 19.4. The van der Waals surface area contributed by atoms with E-state index in [0.29, 0.717) is 15.7 Å². The number of nitrogens with one attached hydrogen (secondary N) is 2. The number of amides is 1. The Bertz CT molecular complexity index is 1480. The first kappa shape index (κ1) is 26.2. The minimum Gasteiger partial charge on any atom is -0.479 e. The van der Waals surface area contributed by atoms with Crippen LogP contribution in [0.5, 0.6) is 0 Å². The van der Waals surface area contributed by atoms with Gasteiger partial charge in [-0.05, 0) is 53.4 Å². The Labute approximate surface area is 222 Å². The fourth-order valence-corrected chi connectivity index (χ4v) is 4.31. The molecule has 0 spiro atoms. The number of carbonyl (C=O) groups is 2. The lowest BCUT2D eigenvalue weighted by molar-refractivity contribution is -0.147. The van der Waals surface area contributed by atoms with E-state index in [4.69, 9.17) is 23.2 Å². The van der Waals surface area contributed by atoms with E-state index in [1.165, 1.54) is 4.68 Å². The number of aliphatic carboxylic acids is 1. The molecular formula is C27H23Cl2N3O5. The number of benzene rings is 3. The molecule has 0 saturated heterocycles. The van der Waals surface area contributed by atoms with E-state index in [-0.39, 0.29) is 18.5 Å². The molecule has 0 fully saturated rings. The smallest absolute Gasteiger partial charge is 0.332 e. The first-order valence-electron chi connectivity index (χ1n) is 11.3. The third-order valence-corrected chi connectivity index (χ3v) is 6.22. The normalized spacial score (nSPS) is 12.6. The number of rotatable bonds is 9. The molecule has 1 amide bonds. The van der Waals surface area contributed by atoms with Crippen LogP contribution in [-0.2, 0) is 11.2 Å². The van der Waals surface area contributed by atoms with Gasteiger partial charge in [0.25, 0.3) is 11.5 Å². The van der Waals surface area contributed by atoms with Crippen molar-refractivity contribution in [2.45, 2.75) is 25.0 Å². The summed E-state index contributed by atoms with van der Waals surface area (Å²) in [7, 11) is 0. The lowest BCUT2D eigenvalue weighted by Crippen LogP contribution is -2.40. The zero-order valence-corrected chi connectivity index (χ0v) is 20.9. The molecule has 10 heteroatoms. The van der Waals surface area contributed by atoms with E-state index in [1.54, 1.807) is 30.3 Å². The van der Waals surface area contributed by atoms with Crippen LogP contribution in [0.4, 0.5) is 0 Å². The minimum atomic E-state index is -1.67. The van der Waals surface area contributed by atoms with Crippen LogP contribution in [0.25, 0.3) is 16.8 Å². The van der Waals surface area contributed by atoms with Gasteiger partial charge in [0.05, 0.1) is 5.69 Å². The molecule has 0 bridgehead atoms. The van der Waals surface area contributed by atoms with E-state index in [2.05, 4.69) is 10.4 Å². The standard InChI is InChI=1S/C27H23Cl2N3O5/c28-19-4-1-3-18(12-19)17-9-7-16(8-10-17)11-21(14-24(33)27(36)37)30-26(35)23-15-25(34)32(31-23)22-6-2-5-20(29)13-22/h1-10,12-13,15,21,24,31,33H,11,14H2,(H,30,35)(H,36,37)/t21-,24+/m0/s1. The van der Waals surface area contributed by atoms with Crippen LogP contribution >= 0.6 is 23.2 Å². The van der Waals surface area contributed by atoms with Crippen LogP contribution in [0, 0.1) is 0 Å². The fourth-order valence-electron chi connectivity index (χ4n) is 3.93. The van der Waals surface area contributed by atoms with Gasteiger partial charge in [-0.15, -0.1) is 0 Å². The van der Waals surface area contributed by atoms with Gasteiger partial charge in [0.1, 0.15) is 5.69 Å². The molecule has 4 rings (SSSR count). The Kier molecular flexibility index (Phi) is 8.13. The maximum absolute atomic E-state index is 13.0. The number of aliphatic hydroxyl groups excluding tert-OH is 1. The molecule has 8 nitrogen and oxygen atoms in total. The molecule has 3 aromatic carbocycles. The summed E-state index contributed by atoms with van der Waals surface area (Å²) in [5, 5.41) is 25.7. The van der Waals surface area contributed by atoms with Crippen molar-refractivity contribution in [3.05, 3.63) is 111 Å². The number of carboxylic acids is 1. The number of hydrogen-bond donors (Lipinski definition) is 4. The molecule has 4 aromatic rings. The SMILES string of the molecule is O=C(N[C@@H](Cc1ccc(-c2cccc(Cl)c2)cc1)C[C@@H](O)C(=O)O)c1cc(=O)n(-c2cccc(Cl)c2)[nH]1. The Morgan fingerprint density at radius 2 is 1.59 bits per heavy atom. The summed E-state index contributed by atoms with van der Waals surface area (Å²) in [6, 6.07) is 21.9. The third-order valence-electron chi connectivity index (χ3n) is 5.75. The van der Waals surface area contributed by atoms with Crippen LogP contribution in [0.3, 0.4) is 0 Å². The van der Waals surface area contributed by atoms with Crippen molar-refractivity contribution >= 4 is 35.1 Å². The number of aromatic amines is 1. The number of aromatic nitrogens is 2. The average molecular weight is 540 g/mol. The predicted molar refractivity (Wildman–Crippen MR) is 142 cm³/mol. The van der Waals surface area contributed by atoms with Gasteiger partial charge in [0.15, 0.2) is 6.10 Å². The Balaban J connectivity index is 1.52. The quantitative estimate of drug-likeness (QED) is 0.252. The topological polar surface area (TPSA) is 124 Å². The molecule has 1 aromatic heterocycles. The largest absolute Gasteiger partial charge is 0.479 e. The second kappa shape index (κ2) is 11.5. The molecule has 0 unspecified atom stereocenters. The van der Waals surface area contributed by atoms with Gasteiger partial charge in [-0.1, -0.05) is 65.7 Å². The highest BCUT2D eigenvalue weighted by molar-refractivity contribution is 6.31. The summed E-state index contributed by atoms with van der Waals surface area (Å²) >= 11 is 12.1. The van der Waals surface area contributed by atoms with Crippen molar-refractivity contribution < 1.29 is 19.8 Å². The van der Waals surface area contributed by atoms with Gasteiger partial charge in [-0.2, -0.15) is 0 Å². The molecule has 2 atom stereocenters. The monoisotopic (exact) mass is 539 g/mol. The van der Waals surface area contributed by atoms with Crippen molar-refractivity contribution in [3.8, 4) is 16.8 Å². The van der Waals surface area contributed by atoms with Crippen LogP contribution < -0.4 is 10.9 Å². The molecule has 0 aliphatic rings. The molecule has 0 aliphatic heterocycles. The maximum atomic E-state index is 13.0. The van der Waals surface area contributed by atoms with Gasteiger partial charge in [0.2, 0.25) is 0 Å². The van der Waals surface area contributed by atoms with Crippen molar-refractivity contribution in [2.24, 2.45) is 0 Å². The Morgan fingerprint density at radius 3 is 2.24 bits per heavy atom. The molecule has 190 valence electrons. The number of carboxylic acid groups (broad SMARTS) is 1. The highest BCUT2D eigenvalue weighted by atomic mass is 35.5. The maximum Gasteiger partial charge on any atom is 0.332 e. The van der Waals surface area contributed by atoms with E-state index < -0.39 is 29.6 Å². The van der Waals surface area contributed by atoms with Gasteiger partial charge >= 0.3 is 5.97 Å². The van der Waals surface area contributed by atoms with E-state index in [0.717, 1.165) is 22.8 Å². The van der Waals surface area contributed by atoms with Gasteiger partial charge in [-0.3, -0.25) is 14.7 Å². The molecule has 0 saturated carbocycles. The fraction of sp³-hybridized carbons (Fsp3) is 0.148. The molecule has 37 heavy (non-hydrogen) atoms. The Morgan fingerprint density at radius 1 is 0.919 bits per heavy atom. The van der Waals surface area contributed by atoms with Crippen LogP contribution in [0.1, 0.15) is 22.5 Å². The third kappa shape index (κ3) is 6.68. The summed E-state index contributed by atoms with van der Waals surface area (Å²) in [6.45, 7) is 0. The van der Waals surface area contributed by atoms with Gasteiger partial charge in [0, 0.05) is 28.6 Å². The number of hydrogen-bond acceptors (Lipinski definition) is 4. The summed E-state index contributed by atoms with van der Waals surface area (Å²) in [5.74, 6) is -2.01. The first-order chi connectivity index (χ1) is 17.7. The molecule has 0 aliphatic carbocycles. The number of halogens is 2. The highest BCUT2D eigenvalue weighted by Gasteiger charge is 2.23. The van der Waals surface area contributed by atoms with Gasteiger partial charge in [-0.25, -0.2) is 9.48 Å². The van der Waals surface area contributed by atoms with Crippen LogP contribution in [0.2, 0.25) is 10.0 Å². The lowest BCUT2D eigenvalue weighted by Gasteiger charge is -2.20. The second-order valence-corrected chi connectivity index (χ2v) is 9.37. The Hall–Kier alpha value is -3.85. The number of nitrogens with zero attached hydrogens (tertiary/aromatic N) is 1. The van der Waals surface area contributed by atoms with Crippen molar-refractivity contribution in [3.63, 3.8) is 0 Å². The van der Waals surface area contributed by atoms with Crippen molar-refractivity contribution in [1.82, 2.24) is 15.1 Å². The highest BCUT2D eigenvalue weighted by Crippen LogP contribution is 2.23. The van der Waals surface area contributed by atoms with Crippen LogP contribution in [0.15, 0.2) is 83.7 Å². The second-order valence-electron chi connectivity index (χ2n) is 8.49. The molecule has 0 radical (unpaired) electrons. The lowest BCUT2D eigenvalue weighted by atomic mass is 9.97. The molecular weight excluding hydrogens is 517 g/mol. The molecule has 4 N–H and O–H groups in total. The first-order valence-corrected chi connectivity index (χ1v) is 12.1. The number of H-pyrrole nitrogens is 1.